The first-order valence-corrected chi connectivity index (χ1v) is 11.9. The Morgan fingerprint density at radius 3 is 2.61 bits per heavy atom. The van der Waals surface area contributed by atoms with Gasteiger partial charge in [-0.15, -0.1) is 0 Å². The lowest BCUT2D eigenvalue weighted by molar-refractivity contribution is -0.167. The SMILES string of the molecule is N#Cc1ccc(N2CCCC3(CCN(C45CC6CC(C4)C(O)C(C6)C5)C3=O)C2)c(F)c1. The molecule has 6 heteroatoms. The van der Waals surface area contributed by atoms with E-state index in [1.54, 1.807) is 12.1 Å². The standard InChI is InChI=1S/C25H30FN3O2/c26-20-10-16(14-27)2-3-21(20)28-6-1-4-24(15-28)5-7-29(23(24)31)25-11-17-8-18(12-25)22(30)19(9-17)13-25/h2-3,10,17-19,22,30H,1,4-9,11-13,15H2. The van der Waals surface area contributed by atoms with Gasteiger partial charge in [0, 0.05) is 25.2 Å². The molecule has 4 aliphatic carbocycles. The quantitative estimate of drug-likeness (QED) is 0.791. The van der Waals surface area contributed by atoms with Crippen molar-refractivity contribution < 1.29 is 14.3 Å². The lowest BCUT2D eigenvalue weighted by atomic mass is 9.51. The molecule has 4 bridgehead atoms. The molecule has 2 aliphatic heterocycles. The average molecular weight is 424 g/mol. The van der Waals surface area contributed by atoms with E-state index in [0.29, 0.717) is 35.5 Å². The highest BCUT2D eigenvalue weighted by molar-refractivity contribution is 5.86. The van der Waals surface area contributed by atoms with Gasteiger partial charge in [0.25, 0.3) is 0 Å². The molecule has 3 atom stereocenters. The van der Waals surface area contributed by atoms with Gasteiger partial charge in [-0.1, -0.05) is 0 Å². The Bertz CT molecular complexity index is 958. The first-order valence-electron chi connectivity index (χ1n) is 11.9. The Morgan fingerprint density at radius 2 is 1.90 bits per heavy atom. The average Bonchev–Trinajstić information content (AvgIpc) is 3.07. The van der Waals surface area contributed by atoms with E-state index in [1.165, 1.54) is 6.07 Å². The van der Waals surface area contributed by atoms with Gasteiger partial charge in [0.05, 0.1) is 28.8 Å². The van der Waals surface area contributed by atoms with Crippen LogP contribution in [-0.4, -0.2) is 47.2 Å². The molecule has 1 amide bonds. The van der Waals surface area contributed by atoms with Crippen LogP contribution in [0.1, 0.15) is 56.9 Å². The number of amides is 1. The number of hydrogen-bond donors (Lipinski definition) is 1. The molecular weight excluding hydrogens is 393 g/mol. The minimum absolute atomic E-state index is 0.0573. The second-order valence-corrected chi connectivity index (χ2v) is 11.0. The van der Waals surface area contributed by atoms with E-state index in [9.17, 15) is 14.3 Å². The number of aliphatic hydroxyl groups excluding tert-OH is 1. The van der Waals surface area contributed by atoms with Gasteiger partial charge in [-0.25, -0.2) is 4.39 Å². The summed E-state index contributed by atoms with van der Waals surface area (Å²) >= 11 is 0. The number of rotatable bonds is 2. The lowest BCUT2D eigenvalue weighted by Gasteiger charge is -2.61. The van der Waals surface area contributed by atoms with Crippen LogP contribution in [0.2, 0.25) is 0 Å². The molecule has 5 nitrogen and oxygen atoms in total. The van der Waals surface area contributed by atoms with E-state index >= 15 is 0 Å². The van der Waals surface area contributed by atoms with Gasteiger partial charge < -0.3 is 14.9 Å². The van der Waals surface area contributed by atoms with Crippen LogP contribution in [0, 0.1) is 40.3 Å². The minimum atomic E-state index is -0.430. The molecule has 6 fully saturated rings. The van der Waals surface area contributed by atoms with Gasteiger partial charge in [-0.2, -0.15) is 5.26 Å². The summed E-state index contributed by atoms with van der Waals surface area (Å²) < 4.78 is 14.7. The van der Waals surface area contributed by atoms with Crippen LogP contribution in [0.5, 0.6) is 0 Å². The summed E-state index contributed by atoms with van der Waals surface area (Å²) in [6, 6.07) is 6.62. The third kappa shape index (κ3) is 2.78. The summed E-state index contributed by atoms with van der Waals surface area (Å²) in [4.78, 5) is 18.2. The third-order valence-corrected chi connectivity index (χ3v) is 9.27. The molecule has 0 radical (unpaired) electrons. The molecule has 4 saturated carbocycles. The molecule has 164 valence electrons. The fraction of sp³-hybridized carbons (Fsp3) is 0.680. The molecule has 6 aliphatic rings. The highest BCUT2D eigenvalue weighted by atomic mass is 19.1. The summed E-state index contributed by atoms with van der Waals surface area (Å²) in [6.45, 7) is 2.09. The second-order valence-electron chi connectivity index (χ2n) is 11.0. The van der Waals surface area contributed by atoms with E-state index in [1.807, 2.05) is 11.0 Å². The summed E-state index contributed by atoms with van der Waals surface area (Å²) in [5, 5.41) is 19.7. The number of hydrogen-bond acceptors (Lipinski definition) is 4. The van der Waals surface area contributed by atoms with Crippen LogP contribution in [-0.2, 0) is 4.79 Å². The number of piperidine rings is 1. The van der Waals surface area contributed by atoms with Crippen molar-refractivity contribution in [3.63, 3.8) is 0 Å². The number of carbonyl (C=O) groups is 1. The molecular formula is C25H30FN3O2. The zero-order valence-electron chi connectivity index (χ0n) is 17.9. The Hall–Kier alpha value is -2.13. The van der Waals surface area contributed by atoms with E-state index in [-0.39, 0.29) is 23.4 Å². The molecule has 3 unspecified atom stereocenters. The second kappa shape index (κ2) is 6.68. The van der Waals surface area contributed by atoms with Gasteiger partial charge in [-0.05, 0) is 87.3 Å². The maximum Gasteiger partial charge on any atom is 0.231 e. The Morgan fingerprint density at radius 1 is 1.13 bits per heavy atom. The van der Waals surface area contributed by atoms with Crippen LogP contribution in [0.3, 0.4) is 0 Å². The highest BCUT2D eigenvalue weighted by Crippen LogP contribution is 2.59. The van der Waals surface area contributed by atoms with Gasteiger partial charge in [0.2, 0.25) is 5.91 Å². The van der Waals surface area contributed by atoms with E-state index in [4.69, 9.17) is 5.26 Å². The van der Waals surface area contributed by atoms with Crippen molar-refractivity contribution in [2.45, 2.75) is 63.0 Å². The Kier molecular flexibility index (Phi) is 4.21. The molecule has 1 N–H and O–H groups in total. The van der Waals surface area contributed by atoms with Crippen molar-refractivity contribution in [3.8, 4) is 6.07 Å². The molecule has 7 rings (SSSR count). The Labute approximate surface area is 182 Å². The smallest absolute Gasteiger partial charge is 0.231 e. The predicted molar refractivity (Wildman–Crippen MR) is 114 cm³/mol. The summed E-state index contributed by atoms with van der Waals surface area (Å²) in [6.07, 6.45) is 7.66. The van der Waals surface area contributed by atoms with Gasteiger partial charge >= 0.3 is 0 Å². The normalized spacial score (nSPS) is 41.3. The summed E-state index contributed by atoms with van der Waals surface area (Å²) in [5.74, 6) is 1.24. The number of anilines is 1. The number of nitriles is 1. The monoisotopic (exact) mass is 423 g/mol. The van der Waals surface area contributed by atoms with Gasteiger partial charge in [0.15, 0.2) is 0 Å². The third-order valence-electron chi connectivity index (χ3n) is 9.27. The van der Waals surface area contributed by atoms with Crippen LogP contribution in [0.15, 0.2) is 18.2 Å². The number of aliphatic hydroxyl groups is 1. The number of nitrogens with zero attached hydrogens (tertiary/aromatic N) is 3. The van der Waals surface area contributed by atoms with Crippen LogP contribution >= 0.6 is 0 Å². The van der Waals surface area contributed by atoms with Crippen LogP contribution in [0.25, 0.3) is 0 Å². The molecule has 1 aromatic carbocycles. The molecule has 1 aromatic rings. The topological polar surface area (TPSA) is 67.6 Å². The van der Waals surface area contributed by atoms with Crippen molar-refractivity contribution in [2.24, 2.45) is 23.2 Å². The molecule has 0 aromatic heterocycles. The fourth-order valence-corrected chi connectivity index (χ4v) is 8.11. The number of likely N-dealkylation sites (tertiary alicyclic amines) is 1. The van der Waals surface area contributed by atoms with Crippen molar-refractivity contribution in [1.29, 1.82) is 5.26 Å². The molecule has 2 saturated heterocycles. The van der Waals surface area contributed by atoms with Gasteiger partial charge in [-0.3, -0.25) is 4.79 Å². The van der Waals surface area contributed by atoms with Crippen molar-refractivity contribution >= 4 is 11.6 Å². The van der Waals surface area contributed by atoms with Crippen molar-refractivity contribution in [3.05, 3.63) is 29.6 Å². The number of halogens is 1. The number of carbonyl (C=O) groups excluding carboxylic acids is 1. The van der Waals surface area contributed by atoms with E-state index < -0.39 is 5.41 Å². The van der Waals surface area contributed by atoms with Crippen LogP contribution < -0.4 is 4.90 Å². The molecule has 2 heterocycles. The van der Waals surface area contributed by atoms with Crippen LogP contribution in [0.4, 0.5) is 10.1 Å². The Balaban J connectivity index is 1.26. The maximum atomic E-state index is 14.7. The first kappa shape index (κ1) is 19.5. The van der Waals surface area contributed by atoms with E-state index in [0.717, 1.165) is 64.5 Å². The summed E-state index contributed by atoms with van der Waals surface area (Å²) in [5.41, 5.74) is 0.334. The first-order chi connectivity index (χ1) is 14.9. The molecule has 31 heavy (non-hydrogen) atoms. The predicted octanol–water partition coefficient (Wildman–Crippen LogP) is 3.46. The van der Waals surface area contributed by atoms with Gasteiger partial charge in [0.1, 0.15) is 5.82 Å². The minimum Gasteiger partial charge on any atom is -0.393 e. The van der Waals surface area contributed by atoms with Crippen molar-refractivity contribution in [2.75, 3.05) is 24.5 Å². The number of benzene rings is 1. The zero-order chi connectivity index (χ0) is 21.4. The zero-order valence-corrected chi connectivity index (χ0v) is 17.9. The lowest BCUT2D eigenvalue weighted by Crippen LogP contribution is -2.65. The maximum absolute atomic E-state index is 14.7. The van der Waals surface area contributed by atoms with E-state index in [2.05, 4.69) is 4.90 Å². The van der Waals surface area contributed by atoms with Crippen molar-refractivity contribution in [1.82, 2.24) is 4.90 Å². The fourth-order valence-electron chi connectivity index (χ4n) is 8.11. The largest absolute Gasteiger partial charge is 0.393 e. The highest BCUT2D eigenvalue weighted by Gasteiger charge is 2.62. The summed E-state index contributed by atoms with van der Waals surface area (Å²) in [7, 11) is 0. The molecule has 1 spiro atoms.